The highest BCUT2D eigenvalue weighted by Gasteiger charge is 2.22. The number of benzene rings is 1. The number of nitrogens with one attached hydrogen (secondary N) is 1. The minimum Gasteiger partial charge on any atom is -0.394 e. The predicted octanol–water partition coefficient (Wildman–Crippen LogP) is 0.648. The van der Waals surface area contributed by atoms with E-state index >= 15 is 0 Å². The maximum Gasteiger partial charge on any atom is 0.293 e. The third kappa shape index (κ3) is 2.32. The zero-order valence-electron chi connectivity index (χ0n) is 11.0. The quantitative estimate of drug-likeness (QED) is 0.627. The van der Waals surface area contributed by atoms with Gasteiger partial charge in [0, 0.05) is 19.2 Å². The molecule has 1 atom stereocenters. The van der Waals surface area contributed by atoms with Crippen molar-refractivity contribution in [3.05, 3.63) is 38.9 Å². The molecule has 0 aliphatic rings. The number of hydrogen-bond acceptors (Lipinski definition) is 6. The summed E-state index contributed by atoms with van der Waals surface area (Å²) in [5.41, 5.74) is 0.0507. The predicted molar refractivity (Wildman–Crippen MR) is 74.0 cm³/mol. The molecule has 1 aromatic heterocycles. The number of aromatic nitrogens is 2. The van der Waals surface area contributed by atoms with Crippen molar-refractivity contribution < 1.29 is 10.0 Å². The summed E-state index contributed by atoms with van der Waals surface area (Å²) in [6.07, 6.45) is 1.25. The van der Waals surface area contributed by atoms with Crippen LogP contribution in [0.2, 0.25) is 0 Å². The molecule has 0 aliphatic heterocycles. The lowest BCUT2D eigenvalue weighted by Gasteiger charge is -2.25. The summed E-state index contributed by atoms with van der Waals surface area (Å²) in [6.45, 7) is 1.59. The second kappa shape index (κ2) is 5.25. The van der Waals surface area contributed by atoms with Crippen LogP contribution >= 0.6 is 0 Å². The van der Waals surface area contributed by atoms with Gasteiger partial charge in [0.05, 0.1) is 28.8 Å². The van der Waals surface area contributed by atoms with E-state index in [9.17, 15) is 20.0 Å². The van der Waals surface area contributed by atoms with Crippen LogP contribution in [0.15, 0.2) is 23.3 Å². The number of nitro groups is 1. The van der Waals surface area contributed by atoms with Gasteiger partial charge in [-0.3, -0.25) is 14.9 Å². The maximum atomic E-state index is 11.7. The Morgan fingerprint density at radius 1 is 1.55 bits per heavy atom. The van der Waals surface area contributed by atoms with Crippen LogP contribution in [0.3, 0.4) is 0 Å². The van der Waals surface area contributed by atoms with E-state index in [0.717, 1.165) is 0 Å². The Labute approximate surface area is 113 Å². The van der Waals surface area contributed by atoms with Crippen LogP contribution in [0, 0.1) is 10.1 Å². The van der Waals surface area contributed by atoms with E-state index in [4.69, 9.17) is 0 Å². The highest BCUT2D eigenvalue weighted by atomic mass is 16.6. The summed E-state index contributed by atoms with van der Waals surface area (Å²) in [5.74, 6) is 0. The number of fused-ring (bicyclic) bond motifs is 1. The monoisotopic (exact) mass is 278 g/mol. The van der Waals surface area contributed by atoms with Gasteiger partial charge in [-0.1, -0.05) is 0 Å². The summed E-state index contributed by atoms with van der Waals surface area (Å²) >= 11 is 0. The normalized spacial score (nSPS) is 12.3. The van der Waals surface area contributed by atoms with E-state index in [1.54, 1.807) is 18.9 Å². The molecule has 0 amide bonds. The number of likely N-dealkylation sites (N-methyl/N-ethyl adjacent to an activating group) is 1. The number of aromatic amines is 1. The minimum atomic E-state index is -0.554. The number of anilines is 1. The summed E-state index contributed by atoms with van der Waals surface area (Å²) in [5, 5.41) is 20.5. The molecule has 106 valence electrons. The molecule has 2 rings (SSSR count). The molecule has 20 heavy (non-hydrogen) atoms. The van der Waals surface area contributed by atoms with Gasteiger partial charge < -0.3 is 15.0 Å². The number of hydrogen-bond donors (Lipinski definition) is 2. The van der Waals surface area contributed by atoms with E-state index in [-0.39, 0.29) is 23.7 Å². The van der Waals surface area contributed by atoms with Crippen LogP contribution in [-0.4, -0.2) is 39.7 Å². The molecule has 2 aromatic rings. The standard InChI is InChI=1S/C12H14N4O4/c1-7(5-17)15(2)10-4-9-8(3-11(10)16(19)20)12(18)14-6-13-9/h3-4,6-7,17H,5H2,1-2H3,(H,13,14,18). The molecule has 8 heteroatoms. The average Bonchev–Trinajstić information content (AvgIpc) is 2.44. The lowest BCUT2D eigenvalue weighted by atomic mass is 10.1. The first kappa shape index (κ1) is 13.9. The van der Waals surface area contributed by atoms with Crippen molar-refractivity contribution in [2.24, 2.45) is 0 Å². The van der Waals surface area contributed by atoms with Gasteiger partial charge in [-0.05, 0) is 13.0 Å². The molecule has 0 spiro atoms. The van der Waals surface area contributed by atoms with Crippen molar-refractivity contribution in [2.45, 2.75) is 13.0 Å². The van der Waals surface area contributed by atoms with Gasteiger partial charge in [-0.2, -0.15) is 0 Å². The molecule has 8 nitrogen and oxygen atoms in total. The molecule has 0 bridgehead atoms. The van der Waals surface area contributed by atoms with Crippen molar-refractivity contribution in [1.82, 2.24) is 9.97 Å². The molecule has 0 radical (unpaired) electrons. The van der Waals surface area contributed by atoms with E-state index in [1.807, 2.05) is 0 Å². The third-order valence-corrected chi connectivity index (χ3v) is 3.24. The van der Waals surface area contributed by atoms with Crippen LogP contribution in [0.4, 0.5) is 11.4 Å². The molecule has 2 N–H and O–H groups in total. The molecule has 0 fully saturated rings. The first-order valence-corrected chi connectivity index (χ1v) is 5.95. The first-order chi connectivity index (χ1) is 9.45. The second-order valence-corrected chi connectivity index (χ2v) is 4.49. The Morgan fingerprint density at radius 3 is 2.85 bits per heavy atom. The molecule has 1 aromatic carbocycles. The molecule has 1 unspecified atom stereocenters. The van der Waals surface area contributed by atoms with Crippen LogP contribution in [0.1, 0.15) is 6.92 Å². The number of nitro benzene ring substituents is 1. The van der Waals surface area contributed by atoms with E-state index < -0.39 is 10.5 Å². The lowest BCUT2D eigenvalue weighted by Crippen LogP contribution is -2.32. The van der Waals surface area contributed by atoms with Gasteiger partial charge in [0.1, 0.15) is 5.69 Å². The van der Waals surface area contributed by atoms with E-state index in [2.05, 4.69) is 9.97 Å². The third-order valence-electron chi connectivity index (χ3n) is 3.24. The van der Waals surface area contributed by atoms with E-state index in [0.29, 0.717) is 11.2 Å². The van der Waals surface area contributed by atoms with Crippen molar-refractivity contribution in [2.75, 3.05) is 18.6 Å². The van der Waals surface area contributed by atoms with E-state index in [1.165, 1.54) is 18.5 Å². The average molecular weight is 278 g/mol. The summed E-state index contributed by atoms with van der Waals surface area (Å²) < 4.78 is 0. The molecular formula is C12H14N4O4. The van der Waals surface area contributed by atoms with Gasteiger partial charge in [0.15, 0.2) is 0 Å². The number of aliphatic hydroxyl groups excluding tert-OH is 1. The smallest absolute Gasteiger partial charge is 0.293 e. The van der Waals surface area contributed by atoms with Crippen LogP contribution in [-0.2, 0) is 0 Å². The van der Waals surface area contributed by atoms with Gasteiger partial charge in [-0.25, -0.2) is 4.98 Å². The first-order valence-electron chi connectivity index (χ1n) is 5.95. The van der Waals surface area contributed by atoms with Crippen molar-refractivity contribution in [3.8, 4) is 0 Å². The van der Waals surface area contributed by atoms with Crippen molar-refractivity contribution >= 4 is 22.3 Å². The van der Waals surface area contributed by atoms with Crippen LogP contribution in [0.5, 0.6) is 0 Å². The zero-order valence-corrected chi connectivity index (χ0v) is 11.0. The maximum absolute atomic E-state index is 11.7. The van der Waals surface area contributed by atoms with Gasteiger partial charge >= 0.3 is 0 Å². The molecule has 1 heterocycles. The Bertz CT molecular complexity index is 712. The van der Waals surface area contributed by atoms with Crippen LogP contribution in [0.25, 0.3) is 10.9 Å². The topological polar surface area (TPSA) is 112 Å². The molecule has 0 aliphatic carbocycles. The molecule has 0 saturated heterocycles. The summed E-state index contributed by atoms with van der Waals surface area (Å²) in [7, 11) is 1.64. The van der Waals surface area contributed by atoms with Gasteiger partial charge in [0.25, 0.3) is 11.2 Å². The molecular weight excluding hydrogens is 264 g/mol. The highest BCUT2D eigenvalue weighted by Crippen LogP contribution is 2.31. The number of rotatable bonds is 4. The highest BCUT2D eigenvalue weighted by molar-refractivity contribution is 5.87. The molecule has 0 saturated carbocycles. The Balaban J connectivity index is 2.72. The largest absolute Gasteiger partial charge is 0.394 e. The Hall–Kier alpha value is -2.48. The fourth-order valence-electron chi connectivity index (χ4n) is 1.88. The van der Waals surface area contributed by atoms with Crippen molar-refractivity contribution in [3.63, 3.8) is 0 Å². The fraction of sp³-hybridized carbons (Fsp3) is 0.333. The van der Waals surface area contributed by atoms with Gasteiger partial charge in [-0.15, -0.1) is 0 Å². The Kier molecular flexibility index (Phi) is 3.66. The van der Waals surface area contributed by atoms with Crippen LogP contribution < -0.4 is 10.5 Å². The Morgan fingerprint density at radius 2 is 2.25 bits per heavy atom. The van der Waals surface area contributed by atoms with Crippen molar-refractivity contribution in [1.29, 1.82) is 0 Å². The minimum absolute atomic E-state index is 0.144. The van der Waals surface area contributed by atoms with Gasteiger partial charge in [0.2, 0.25) is 0 Å². The lowest BCUT2D eigenvalue weighted by molar-refractivity contribution is -0.384. The summed E-state index contributed by atoms with van der Waals surface area (Å²) in [4.78, 5) is 30.2. The number of H-pyrrole nitrogens is 1. The SMILES string of the molecule is CC(CO)N(C)c1cc2nc[nH]c(=O)c2cc1[N+](=O)[O-]. The second-order valence-electron chi connectivity index (χ2n) is 4.49. The zero-order chi connectivity index (χ0) is 14.9. The fourth-order valence-corrected chi connectivity index (χ4v) is 1.88. The summed E-state index contributed by atoms with van der Waals surface area (Å²) in [6, 6.07) is 2.39. The number of nitrogens with zero attached hydrogens (tertiary/aromatic N) is 3. The number of aliphatic hydroxyl groups is 1.